The van der Waals surface area contributed by atoms with Crippen molar-refractivity contribution in [2.45, 2.75) is 37.8 Å². The number of nitrogens with one attached hydrogen (secondary N) is 1. The smallest absolute Gasteiger partial charge is 0.0705 e. The van der Waals surface area contributed by atoms with E-state index in [9.17, 15) is 5.11 Å². The highest BCUT2D eigenvalue weighted by molar-refractivity contribution is 5.78. The van der Waals surface area contributed by atoms with Gasteiger partial charge in [0.05, 0.1) is 17.8 Å². The highest BCUT2D eigenvalue weighted by atomic mass is 16.3. The Kier molecular flexibility index (Phi) is 3.49. The lowest BCUT2D eigenvalue weighted by Crippen LogP contribution is -2.45. The number of aliphatic hydroxyl groups is 1. The van der Waals surface area contributed by atoms with Crippen molar-refractivity contribution in [2.75, 3.05) is 6.61 Å². The second kappa shape index (κ2) is 5.27. The molecule has 0 bridgehead atoms. The van der Waals surface area contributed by atoms with Gasteiger partial charge in [-0.15, -0.1) is 0 Å². The molecule has 0 aliphatic heterocycles. The Balaban J connectivity index is 1.74. The van der Waals surface area contributed by atoms with E-state index in [1.807, 2.05) is 18.2 Å². The molecule has 3 heteroatoms. The average molecular weight is 256 g/mol. The Bertz CT molecular complexity index is 561. The zero-order valence-electron chi connectivity index (χ0n) is 11.1. The van der Waals surface area contributed by atoms with Gasteiger partial charge in [-0.05, 0) is 25.0 Å². The fourth-order valence-electron chi connectivity index (χ4n) is 2.93. The molecule has 0 spiro atoms. The van der Waals surface area contributed by atoms with Crippen molar-refractivity contribution in [1.82, 2.24) is 10.3 Å². The van der Waals surface area contributed by atoms with Crippen LogP contribution in [0.3, 0.4) is 0 Å². The fraction of sp³-hybridized carbons (Fsp3) is 0.438. The monoisotopic (exact) mass is 256 g/mol. The molecule has 1 fully saturated rings. The highest BCUT2D eigenvalue weighted by Gasteiger charge is 2.32. The first-order chi connectivity index (χ1) is 9.31. The van der Waals surface area contributed by atoms with E-state index in [1.54, 1.807) is 0 Å². The molecule has 100 valence electrons. The fourth-order valence-corrected chi connectivity index (χ4v) is 2.93. The van der Waals surface area contributed by atoms with Crippen LogP contribution in [-0.2, 0) is 6.54 Å². The van der Waals surface area contributed by atoms with Crippen molar-refractivity contribution < 1.29 is 5.11 Å². The van der Waals surface area contributed by atoms with Crippen LogP contribution in [0.4, 0.5) is 0 Å². The van der Waals surface area contributed by atoms with Gasteiger partial charge in [0.25, 0.3) is 0 Å². The standard InChI is InChI=1S/C16H20N2O/c19-12-16(9-3-4-10-16)17-11-14-8-7-13-5-1-2-6-15(13)18-14/h1-2,5-8,17,19H,3-4,9-12H2. The van der Waals surface area contributed by atoms with Crippen LogP contribution in [0.1, 0.15) is 31.4 Å². The van der Waals surface area contributed by atoms with E-state index in [2.05, 4.69) is 28.5 Å². The number of hydrogen-bond acceptors (Lipinski definition) is 3. The molecule has 2 N–H and O–H groups in total. The van der Waals surface area contributed by atoms with Gasteiger partial charge < -0.3 is 10.4 Å². The van der Waals surface area contributed by atoms with Gasteiger partial charge in [-0.3, -0.25) is 4.98 Å². The normalized spacial score (nSPS) is 17.9. The third kappa shape index (κ3) is 2.62. The average Bonchev–Trinajstić information content (AvgIpc) is 2.94. The predicted octanol–water partition coefficient (Wildman–Crippen LogP) is 2.63. The van der Waals surface area contributed by atoms with E-state index in [0.717, 1.165) is 30.6 Å². The molecule has 19 heavy (non-hydrogen) atoms. The summed E-state index contributed by atoms with van der Waals surface area (Å²) in [6, 6.07) is 12.3. The third-order valence-electron chi connectivity index (χ3n) is 4.16. The van der Waals surface area contributed by atoms with Crippen molar-refractivity contribution in [2.24, 2.45) is 0 Å². The van der Waals surface area contributed by atoms with E-state index in [-0.39, 0.29) is 12.1 Å². The Morgan fingerprint density at radius 2 is 1.89 bits per heavy atom. The summed E-state index contributed by atoms with van der Waals surface area (Å²) < 4.78 is 0. The predicted molar refractivity (Wildman–Crippen MR) is 76.9 cm³/mol. The van der Waals surface area contributed by atoms with Crippen LogP contribution in [0.2, 0.25) is 0 Å². The van der Waals surface area contributed by atoms with Crippen LogP contribution in [0.5, 0.6) is 0 Å². The van der Waals surface area contributed by atoms with Crippen LogP contribution < -0.4 is 5.32 Å². The number of aromatic nitrogens is 1. The summed E-state index contributed by atoms with van der Waals surface area (Å²) in [4.78, 5) is 4.66. The summed E-state index contributed by atoms with van der Waals surface area (Å²) >= 11 is 0. The number of rotatable bonds is 4. The largest absolute Gasteiger partial charge is 0.394 e. The van der Waals surface area contributed by atoms with Gasteiger partial charge in [0, 0.05) is 17.5 Å². The lowest BCUT2D eigenvalue weighted by Gasteiger charge is -2.28. The maximum Gasteiger partial charge on any atom is 0.0705 e. The Morgan fingerprint density at radius 3 is 2.68 bits per heavy atom. The number of hydrogen-bond donors (Lipinski definition) is 2. The third-order valence-corrected chi connectivity index (χ3v) is 4.16. The van der Waals surface area contributed by atoms with Crippen LogP contribution >= 0.6 is 0 Å². The van der Waals surface area contributed by atoms with Gasteiger partial charge in [0.1, 0.15) is 0 Å². The Hall–Kier alpha value is -1.45. The van der Waals surface area contributed by atoms with Crippen molar-refractivity contribution >= 4 is 10.9 Å². The maximum atomic E-state index is 9.58. The topological polar surface area (TPSA) is 45.1 Å². The van der Waals surface area contributed by atoms with Crippen LogP contribution in [0.15, 0.2) is 36.4 Å². The lowest BCUT2D eigenvalue weighted by molar-refractivity contribution is 0.162. The quantitative estimate of drug-likeness (QED) is 0.884. The summed E-state index contributed by atoms with van der Waals surface area (Å²) in [5, 5.41) is 14.3. The summed E-state index contributed by atoms with van der Waals surface area (Å²) in [6.07, 6.45) is 4.55. The summed E-state index contributed by atoms with van der Waals surface area (Å²) in [5.41, 5.74) is 2.00. The molecule has 3 rings (SSSR count). The first-order valence-corrected chi connectivity index (χ1v) is 7.02. The molecule has 1 aromatic carbocycles. The van der Waals surface area contributed by atoms with Gasteiger partial charge in [-0.25, -0.2) is 0 Å². The minimum Gasteiger partial charge on any atom is -0.394 e. The molecule has 3 nitrogen and oxygen atoms in total. The van der Waals surface area contributed by atoms with Crippen LogP contribution in [0, 0.1) is 0 Å². The molecular weight excluding hydrogens is 236 g/mol. The van der Waals surface area contributed by atoms with Crippen molar-refractivity contribution in [3.8, 4) is 0 Å². The van der Waals surface area contributed by atoms with Crippen LogP contribution in [0.25, 0.3) is 10.9 Å². The second-order valence-corrected chi connectivity index (χ2v) is 5.49. The molecule has 0 radical (unpaired) electrons. The maximum absolute atomic E-state index is 9.58. The molecule has 0 saturated heterocycles. The van der Waals surface area contributed by atoms with E-state index in [4.69, 9.17) is 0 Å². The number of nitrogens with zero attached hydrogens (tertiary/aromatic N) is 1. The zero-order chi connectivity index (χ0) is 13.1. The van der Waals surface area contributed by atoms with E-state index in [1.165, 1.54) is 18.2 Å². The minimum atomic E-state index is -0.0761. The van der Waals surface area contributed by atoms with Crippen molar-refractivity contribution in [3.63, 3.8) is 0 Å². The molecule has 0 atom stereocenters. The first kappa shape index (κ1) is 12.6. The van der Waals surface area contributed by atoms with E-state index >= 15 is 0 Å². The van der Waals surface area contributed by atoms with Crippen molar-refractivity contribution in [1.29, 1.82) is 0 Å². The first-order valence-electron chi connectivity index (χ1n) is 7.02. The molecule has 1 heterocycles. The van der Waals surface area contributed by atoms with Gasteiger partial charge in [-0.2, -0.15) is 0 Å². The molecule has 0 amide bonds. The van der Waals surface area contributed by atoms with Gasteiger partial charge in [-0.1, -0.05) is 37.1 Å². The van der Waals surface area contributed by atoms with Gasteiger partial charge in [0.15, 0.2) is 0 Å². The summed E-state index contributed by atoms with van der Waals surface area (Å²) in [7, 11) is 0. The number of aliphatic hydroxyl groups excluding tert-OH is 1. The lowest BCUT2D eigenvalue weighted by atomic mass is 9.99. The molecule has 1 saturated carbocycles. The van der Waals surface area contributed by atoms with E-state index in [0.29, 0.717) is 0 Å². The Labute approximate surface area is 113 Å². The Morgan fingerprint density at radius 1 is 1.11 bits per heavy atom. The number of para-hydroxylation sites is 1. The second-order valence-electron chi connectivity index (χ2n) is 5.49. The number of fused-ring (bicyclic) bond motifs is 1. The molecule has 2 aromatic rings. The molecule has 1 aliphatic rings. The van der Waals surface area contributed by atoms with Gasteiger partial charge >= 0.3 is 0 Å². The summed E-state index contributed by atoms with van der Waals surface area (Å²) in [5.74, 6) is 0. The number of benzene rings is 1. The SMILES string of the molecule is OCC1(NCc2ccc3ccccc3n2)CCCC1. The highest BCUT2D eigenvalue weighted by Crippen LogP contribution is 2.29. The van der Waals surface area contributed by atoms with Gasteiger partial charge in [0.2, 0.25) is 0 Å². The molecule has 0 unspecified atom stereocenters. The van der Waals surface area contributed by atoms with E-state index < -0.39 is 0 Å². The number of pyridine rings is 1. The van der Waals surface area contributed by atoms with Crippen LogP contribution in [-0.4, -0.2) is 22.2 Å². The molecular formula is C16H20N2O. The summed E-state index contributed by atoms with van der Waals surface area (Å²) in [6.45, 7) is 0.950. The molecule has 1 aliphatic carbocycles. The zero-order valence-corrected chi connectivity index (χ0v) is 11.1. The van der Waals surface area contributed by atoms with Crippen molar-refractivity contribution in [3.05, 3.63) is 42.1 Å². The molecule has 1 aromatic heterocycles. The minimum absolute atomic E-state index is 0.0761.